The van der Waals surface area contributed by atoms with Crippen LogP contribution in [0.15, 0.2) is 23.6 Å². The van der Waals surface area contributed by atoms with Crippen LogP contribution in [0.5, 0.6) is 0 Å². The number of rotatable bonds is 5. The Morgan fingerprint density at radius 1 is 1.50 bits per heavy atom. The normalized spacial score (nSPS) is 15.6. The molecule has 0 aromatic rings. The van der Waals surface area contributed by atoms with Gasteiger partial charge in [-0.25, -0.2) is 0 Å². The predicted octanol–water partition coefficient (Wildman–Crippen LogP) is 2.06. The Morgan fingerprint density at radius 3 is 2.86 bits per heavy atom. The quantitative estimate of drug-likeness (QED) is 0.628. The SMILES string of the molecule is CCCOC1=CCCC=C1N(C)C=O. The molecule has 0 heterocycles. The van der Waals surface area contributed by atoms with Gasteiger partial charge in [-0.3, -0.25) is 4.79 Å². The molecule has 1 aliphatic carbocycles. The highest BCUT2D eigenvalue weighted by Gasteiger charge is 2.13. The first-order valence-electron chi connectivity index (χ1n) is 5.01. The van der Waals surface area contributed by atoms with Crippen LogP contribution >= 0.6 is 0 Å². The van der Waals surface area contributed by atoms with Crippen LogP contribution in [0, 0.1) is 0 Å². The van der Waals surface area contributed by atoms with Crippen molar-refractivity contribution in [1.82, 2.24) is 4.90 Å². The lowest BCUT2D eigenvalue weighted by atomic mass is 10.1. The number of nitrogens with zero attached hydrogens (tertiary/aromatic N) is 1. The van der Waals surface area contributed by atoms with E-state index in [0.29, 0.717) is 6.61 Å². The van der Waals surface area contributed by atoms with Gasteiger partial charge in [0.2, 0.25) is 6.41 Å². The molecule has 3 heteroatoms. The first-order valence-corrected chi connectivity index (χ1v) is 5.01. The fourth-order valence-corrected chi connectivity index (χ4v) is 1.36. The van der Waals surface area contributed by atoms with Crippen molar-refractivity contribution in [3.8, 4) is 0 Å². The molecule has 0 aromatic heterocycles. The summed E-state index contributed by atoms with van der Waals surface area (Å²) in [6, 6.07) is 0. The van der Waals surface area contributed by atoms with Gasteiger partial charge in [-0.2, -0.15) is 0 Å². The summed E-state index contributed by atoms with van der Waals surface area (Å²) in [5.74, 6) is 0.840. The Morgan fingerprint density at radius 2 is 2.21 bits per heavy atom. The minimum absolute atomic E-state index is 0.704. The van der Waals surface area contributed by atoms with E-state index < -0.39 is 0 Å². The van der Waals surface area contributed by atoms with Gasteiger partial charge in [0.25, 0.3) is 0 Å². The summed E-state index contributed by atoms with van der Waals surface area (Å²) in [7, 11) is 1.74. The summed E-state index contributed by atoms with van der Waals surface area (Å²) in [6.45, 7) is 2.77. The Kier molecular flexibility index (Phi) is 4.23. The maximum Gasteiger partial charge on any atom is 0.213 e. The van der Waals surface area contributed by atoms with E-state index in [-0.39, 0.29) is 0 Å². The molecule has 0 N–H and O–H groups in total. The first-order chi connectivity index (χ1) is 6.79. The van der Waals surface area contributed by atoms with E-state index >= 15 is 0 Å². The van der Waals surface area contributed by atoms with Crippen molar-refractivity contribution in [2.24, 2.45) is 0 Å². The molecule has 0 spiro atoms. The fourth-order valence-electron chi connectivity index (χ4n) is 1.36. The average molecular weight is 195 g/mol. The number of allylic oxidation sites excluding steroid dienone is 2. The maximum atomic E-state index is 10.6. The smallest absolute Gasteiger partial charge is 0.213 e. The molecule has 0 fully saturated rings. The van der Waals surface area contributed by atoms with Crippen molar-refractivity contribution >= 4 is 6.41 Å². The van der Waals surface area contributed by atoms with Crippen LogP contribution in [0.3, 0.4) is 0 Å². The molecule has 0 radical (unpaired) electrons. The highest BCUT2D eigenvalue weighted by Crippen LogP contribution is 2.21. The summed E-state index contributed by atoms with van der Waals surface area (Å²) in [5, 5.41) is 0. The summed E-state index contributed by atoms with van der Waals surface area (Å²) >= 11 is 0. The van der Waals surface area contributed by atoms with Crippen molar-refractivity contribution in [2.45, 2.75) is 26.2 Å². The third-order valence-electron chi connectivity index (χ3n) is 2.09. The van der Waals surface area contributed by atoms with E-state index in [1.165, 1.54) is 0 Å². The molecule has 3 nitrogen and oxygen atoms in total. The number of amides is 1. The van der Waals surface area contributed by atoms with Gasteiger partial charge in [0.15, 0.2) is 0 Å². The lowest BCUT2D eigenvalue weighted by molar-refractivity contribution is -0.115. The number of likely N-dealkylation sites (N-methyl/N-ethyl adjacent to an activating group) is 1. The molecular weight excluding hydrogens is 178 g/mol. The van der Waals surface area contributed by atoms with Crippen molar-refractivity contribution in [3.63, 3.8) is 0 Å². The molecular formula is C11H17NO2. The van der Waals surface area contributed by atoms with Gasteiger partial charge in [0.1, 0.15) is 5.76 Å². The molecule has 1 amide bonds. The second kappa shape index (κ2) is 5.47. The zero-order chi connectivity index (χ0) is 10.4. The van der Waals surface area contributed by atoms with E-state index in [2.05, 4.69) is 6.92 Å². The molecule has 0 saturated heterocycles. The van der Waals surface area contributed by atoms with Gasteiger partial charge in [-0.05, 0) is 25.3 Å². The number of carbonyl (C=O) groups is 1. The van der Waals surface area contributed by atoms with Crippen molar-refractivity contribution in [2.75, 3.05) is 13.7 Å². The zero-order valence-electron chi connectivity index (χ0n) is 8.82. The van der Waals surface area contributed by atoms with Crippen molar-refractivity contribution in [1.29, 1.82) is 0 Å². The number of ether oxygens (including phenoxy) is 1. The largest absolute Gasteiger partial charge is 0.492 e. The van der Waals surface area contributed by atoms with E-state index in [0.717, 1.165) is 37.1 Å². The topological polar surface area (TPSA) is 29.5 Å². The van der Waals surface area contributed by atoms with Crippen LogP contribution < -0.4 is 0 Å². The van der Waals surface area contributed by atoms with Gasteiger partial charge >= 0.3 is 0 Å². The van der Waals surface area contributed by atoms with Crippen LogP contribution in [0.1, 0.15) is 26.2 Å². The summed E-state index contributed by atoms with van der Waals surface area (Å²) in [6.07, 6.45) is 7.85. The molecule has 0 unspecified atom stereocenters. The van der Waals surface area contributed by atoms with E-state index in [1.54, 1.807) is 11.9 Å². The van der Waals surface area contributed by atoms with Crippen LogP contribution in [0.2, 0.25) is 0 Å². The molecule has 0 atom stereocenters. The molecule has 0 aliphatic heterocycles. The highest BCUT2D eigenvalue weighted by molar-refractivity contribution is 5.53. The van der Waals surface area contributed by atoms with E-state index in [1.807, 2.05) is 12.2 Å². The molecule has 1 rings (SSSR count). The Bertz CT molecular complexity index is 256. The molecule has 14 heavy (non-hydrogen) atoms. The minimum atomic E-state index is 0.704. The molecule has 0 bridgehead atoms. The third-order valence-corrected chi connectivity index (χ3v) is 2.09. The van der Waals surface area contributed by atoms with Gasteiger partial charge < -0.3 is 9.64 Å². The van der Waals surface area contributed by atoms with Gasteiger partial charge in [-0.1, -0.05) is 13.0 Å². The molecule has 78 valence electrons. The average Bonchev–Trinajstić information content (AvgIpc) is 2.25. The van der Waals surface area contributed by atoms with Crippen LogP contribution in [0.4, 0.5) is 0 Å². The standard InChI is InChI=1S/C11H17NO2/c1-3-8-14-11-7-5-4-6-10(11)12(2)9-13/h6-7,9H,3-5,8H2,1-2H3. The molecule has 0 aromatic carbocycles. The zero-order valence-corrected chi connectivity index (χ0v) is 8.82. The van der Waals surface area contributed by atoms with Crippen molar-refractivity contribution < 1.29 is 9.53 Å². The number of hydrogen-bond donors (Lipinski definition) is 0. The predicted molar refractivity (Wildman–Crippen MR) is 55.5 cm³/mol. The van der Waals surface area contributed by atoms with Crippen LogP contribution in [-0.2, 0) is 9.53 Å². The molecule has 0 saturated carbocycles. The summed E-state index contributed by atoms with van der Waals surface area (Å²) < 4.78 is 5.56. The van der Waals surface area contributed by atoms with E-state index in [4.69, 9.17) is 4.74 Å². The lowest BCUT2D eigenvalue weighted by Crippen LogP contribution is -2.19. The van der Waals surface area contributed by atoms with Crippen LogP contribution in [-0.4, -0.2) is 25.0 Å². The second-order valence-electron chi connectivity index (χ2n) is 3.30. The third kappa shape index (κ3) is 2.62. The fraction of sp³-hybridized carbons (Fsp3) is 0.545. The number of hydrogen-bond acceptors (Lipinski definition) is 2. The minimum Gasteiger partial charge on any atom is -0.492 e. The van der Waals surface area contributed by atoms with Gasteiger partial charge in [0.05, 0.1) is 12.3 Å². The number of carbonyl (C=O) groups excluding carboxylic acids is 1. The Labute approximate surface area is 85.0 Å². The second-order valence-corrected chi connectivity index (χ2v) is 3.30. The maximum absolute atomic E-state index is 10.6. The highest BCUT2D eigenvalue weighted by atomic mass is 16.5. The Balaban J connectivity index is 2.65. The Hall–Kier alpha value is -1.25. The summed E-state index contributed by atoms with van der Waals surface area (Å²) in [4.78, 5) is 12.2. The van der Waals surface area contributed by atoms with E-state index in [9.17, 15) is 4.79 Å². The molecule has 1 aliphatic rings. The monoisotopic (exact) mass is 195 g/mol. The van der Waals surface area contributed by atoms with Crippen molar-refractivity contribution in [3.05, 3.63) is 23.6 Å². The lowest BCUT2D eigenvalue weighted by Gasteiger charge is -2.21. The first kappa shape index (κ1) is 10.8. The van der Waals surface area contributed by atoms with Crippen LogP contribution in [0.25, 0.3) is 0 Å². The van der Waals surface area contributed by atoms with Gasteiger partial charge in [0, 0.05) is 7.05 Å². The van der Waals surface area contributed by atoms with Gasteiger partial charge in [-0.15, -0.1) is 0 Å². The summed E-state index contributed by atoms with van der Waals surface area (Å²) in [5.41, 5.74) is 0.889.